The number of amides is 1. The van der Waals surface area contributed by atoms with Crippen LogP contribution in [-0.4, -0.2) is 21.1 Å². The number of anilines is 3. The molecule has 0 unspecified atom stereocenters. The maximum absolute atomic E-state index is 13.7. The zero-order valence-electron chi connectivity index (χ0n) is 15.6. The Morgan fingerprint density at radius 2 is 1.80 bits per heavy atom. The molecule has 0 radical (unpaired) electrons. The van der Waals surface area contributed by atoms with E-state index in [0.29, 0.717) is 18.0 Å². The Morgan fingerprint density at radius 1 is 1.00 bits per heavy atom. The van der Waals surface area contributed by atoms with Crippen LogP contribution in [0.15, 0.2) is 77.3 Å². The van der Waals surface area contributed by atoms with Crippen LogP contribution >= 0.6 is 0 Å². The molecule has 4 rings (SSSR count). The summed E-state index contributed by atoms with van der Waals surface area (Å²) < 4.78 is 24.6. The minimum Gasteiger partial charge on any atom is -0.487 e. The lowest BCUT2D eigenvalue weighted by Gasteiger charge is -2.07. The van der Waals surface area contributed by atoms with E-state index < -0.39 is 11.7 Å². The molecule has 150 valence electrons. The van der Waals surface area contributed by atoms with Crippen molar-refractivity contribution in [2.45, 2.75) is 6.61 Å². The number of ether oxygens (including phenoxy) is 1. The van der Waals surface area contributed by atoms with E-state index in [1.165, 1.54) is 12.1 Å². The molecular formula is C21H16FN5O3. The Kier molecular flexibility index (Phi) is 5.61. The third-order valence-corrected chi connectivity index (χ3v) is 3.96. The van der Waals surface area contributed by atoms with Crippen LogP contribution in [0.2, 0.25) is 0 Å². The molecule has 1 amide bonds. The first-order valence-corrected chi connectivity index (χ1v) is 8.96. The summed E-state index contributed by atoms with van der Waals surface area (Å²) >= 11 is 0. The van der Waals surface area contributed by atoms with Gasteiger partial charge in [0.2, 0.25) is 0 Å². The molecule has 0 aliphatic rings. The number of hydrogen-bond acceptors (Lipinski definition) is 7. The van der Waals surface area contributed by atoms with Gasteiger partial charge in [0.15, 0.2) is 0 Å². The predicted molar refractivity (Wildman–Crippen MR) is 107 cm³/mol. The number of hydrogen-bond donors (Lipinski definition) is 2. The molecule has 4 aromatic rings. The fourth-order valence-corrected chi connectivity index (χ4v) is 2.50. The number of para-hydroxylation sites is 1. The molecule has 2 heterocycles. The summed E-state index contributed by atoms with van der Waals surface area (Å²) in [4.78, 5) is 16.5. The fraction of sp³-hybridized carbons (Fsp3) is 0.0476. The zero-order chi connectivity index (χ0) is 20.8. The number of nitrogens with zero attached hydrogens (tertiary/aromatic N) is 3. The van der Waals surface area contributed by atoms with Crippen LogP contribution in [0.1, 0.15) is 16.4 Å². The molecular weight excluding hydrogens is 389 g/mol. The molecule has 30 heavy (non-hydrogen) atoms. The van der Waals surface area contributed by atoms with E-state index in [9.17, 15) is 9.18 Å². The number of carbonyl (C=O) groups is 1. The summed E-state index contributed by atoms with van der Waals surface area (Å²) in [5.74, 6) is -0.699. The van der Waals surface area contributed by atoms with Crippen LogP contribution in [-0.2, 0) is 6.61 Å². The Labute approximate surface area is 170 Å². The van der Waals surface area contributed by atoms with Crippen molar-refractivity contribution in [1.29, 1.82) is 0 Å². The highest BCUT2D eigenvalue weighted by Crippen LogP contribution is 2.20. The van der Waals surface area contributed by atoms with Gasteiger partial charge in [-0.3, -0.25) is 9.78 Å². The number of halogens is 1. The van der Waals surface area contributed by atoms with Gasteiger partial charge in [-0.1, -0.05) is 23.3 Å². The standard InChI is InChI=1S/C21H16FN5O3/c22-17-6-1-2-7-18(17)25-21-27-26-20(30-21)19(28)24-14-8-10-16(11-9-14)29-13-15-5-3-4-12-23-15/h1-12H,13H2,(H,24,28)(H,25,27). The number of nitrogens with one attached hydrogen (secondary N) is 2. The molecule has 0 atom stereocenters. The maximum Gasteiger partial charge on any atom is 0.320 e. The summed E-state index contributed by atoms with van der Waals surface area (Å²) in [6.07, 6.45) is 1.70. The minimum atomic E-state index is -0.591. The van der Waals surface area contributed by atoms with E-state index >= 15 is 0 Å². The highest BCUT2D eigenvalue weighted by Gasteiger charge is 2.16. The SMILES string of the molecule is O=C(Nc1ccc(OCc2ccccn2)cc1)c1nnc(Nc2ccccc2F)o1. The Balaban J connectivity index is 1.34. The lowest BCUT2D eigenvalue weighted by molar-refractivity contribution is 0.0991. The van der Waals surface area contributed by atoms with E-state index in [0.717, 1.165) is 5.69 Å². The smallest absolute Gasteiger partial charge is 0.320 e. The van der Waals surface area contributed by atoms with Gasteiger partial charge >= 0.3 is 17.8 Å². The Bertz CT molecular complexity index is 1130. The first-order chi connectivity index (χ1) is 14.7. The van der Waals surface area contributed by atoms with Crippen LogP contribution in [0.5, 0.6) is 5.75 Å². The van der Waals surface area contributed by atoms with E-state index in [2.05, 4.69) is 25.8 Å². The van der Waals surface area contributed by atoms with E-state index in [1.807, 2.05) is 18.2 Å². The summed E-state index contributed by atoms with van der Waals surface area (Å²) in [5, 5.41) is 12.6. The molecule has 0 aliphatic heterocycles. The van der Waals surface area contributed by atoms with Crippen LogP contribution in [0.4, 0.5) is 21.8 Å². The topological polar surface area (TPSA) is 102 Å². The van der Waals surface area contributed by atoms with Gasteiger partial charge in [0.25, 0.3) is 0 Å². The van der Waals surface area contributed by atoms with Gasteiger partial charge in [-0.2, -0.15) is 0 Å². The molecule has 2 aromatic heterocycles. The molecule has 0 aliphatic carbocycles. The highest BCUT2D eigenvalue weighted by molar-refractivity contribution is 6.00. The van der Waals surface area contributed by atoms with Crippen molar-refractivity contribution in [2.24, 2.45) is 0 Å². The van der Waals surface area contributed by atoms with Gasteiger partial charge in [0.05, 0.1) is 11.4 Å². The molecule has 8 nitrogen and oxygen atoms in total. The van der Waals surface area contributed by atoms with Gasteiger partial charge in [-0.05, 0) is 48.5 Å². The van der Waals surface area contributed by atoms with Crippen LogP contribution < -0.4 is 15.4 Å². The van der Waals surface area contributed by atoms with E-state index in [-0.39, 0.29) is 17.6 Å². The quantitative estimate of drug-likeness (QED) is 0.475. The summed E-state index contributed by atoms with van der Waals surface area (Å²) in [6, 6.07) is 18.3. The second kappa shape index (κ2) is 8.82. The summed E-state index contributed by atoms with van der Waals surface area (Å²) in [7, 11) is 0. The first kappa shape index (κ1) is 19.1. The van der Waals surface area contributed by atoms with Crippen molar-refractivity contribution in [3.63, 3.8) is 0 Å². The first-order valence-electron chi connectivity index (χ1n) is 8.96. The average Bonchev–Trinajstić information content (AvgIpc) is 3.24. The number of aromatic nitrogens is 3. The summed E-state index contributed by atoms with van der Waals surface area (Å²) in [6.45, 7) is 0.340. The lowest BCUT2D eigenvalue weighted by atomic mass is 10.3. The predicted octanol–water partition coefficient (Wildman–Crippen LogP) is 4.18. The fourth-order valence-electron chi connectivity index (χ4n) is 2.50. The molecule has 2 aromatic carbocycles. The molecule has 9 heteroatoms. The number of rotatable bonds is 7. The molecule has 0 saturated heterocycles. The van der Waals surface area contributed by atoms with Crippen molar-refractivity contribution in [2.75, 3.05) is 10.6 Å². The second-order valence-electron chi connectivity index (χ2n) is 6.11. The normalized spacial score (nSPS) is 10.4. The molecule has 0 spiro atoms. The third kappa shape index (κ3) is 4.76. The Morgan fingerprint density at radius 3 is 2.57 bits per heavy atom. The minimum absolute atomic E-state index is 0.0940. The van der Waals surface area contributed by atoms with Gasteiger partial charge in [0, 0.05) is 11.9 Å². The third-order valence-electron chi connectivity index (χ3n) is 3.96. The van der Waals surface area contributed by atoms with Gasteiger partial charge in [0.1, 0.15) is 18.2 Å². The van der Waals surface area contributed by atoms with Crippen molar-refractivity contribution in [1.82, 2.24) is 15.2 Å². The largest absolute Gasteiger partial charge is 0.487 e. The lowest BCUT2D eigenvalue weighted by Crippen LogP contribution is -2.12. The van der Waals surface area contributed by atoms with E-state index in [1.54, 1.807) is 42.6 Å². The zero-order valence-corrected chi connectivity index (χ0v) is 15.6. The van der Waals surface area contributed by atoms with Gasteiger partial charge in [-0.25, -0.2) is 4.39 Å². The van der Waals surface area contributed by atoms with Crippen molar-refractivity contribution in [3.05, 3.63) is 90.3 Å². The van der Waals surface area contributed by atoms with Gasteiger partial charge < -0.3 is 19.8 Å². The maximum atomic E-state index is 13.7. The molecule has 0 bridgehead atoms. The summed E-state index contributed by atoms with van der Waals surface area (Å²) in [5.41, 5.74) is 1.49. The Hall–Kier alpha value is -4.27. The van der Waals surface area contributed by atoms with Crippen LogP contribution in [0.25, 0.3) is 0 Å². The number of benzene rings is 2. The second-order valence-corrected chi connectivity index (χ2v) is 6.11. The highest BCUT2D eigenvalue weighted by atomic mass is 19.1. The molecule has 0 saturated carbocycles. The van der Waals surface area contributed by atoms with Crippen LogP contribution in [0.3, 0.4) is 0 Å². The van der Waals surface area contributed by atoms with Crippen molar-refractivity contribution < 1.29 is 18.3 Å². The van der Waals surface area contributed by atoms with E-state index in [4.69, 9.17) is 9.15 Å². The van der Waals surface area contributed by atoms with Crippen LogP contribution in [0, 0.1) is 5.82 Å². The number of carbonyl (C=O) groups excluding carboxylic acids is 1. The average molecular weight is 405 g/mol. The van der Waals surface area contributed by atoms with Crippen molar-refractivity contribution in [3.8, 4) is 5.75 Å². The number of pyridine rings is 1. The monoisotopic (exact) mass is 405 g/mol. The molecule has 0 fully saturated rings. The van der Waals surface area contributed by atoms with Crippen molar-refractivity contribution >= 4 is 23.3 Å². The van der Waals surface area contributed by atoms with Gasteiger partial charge in [-0.15, -0.1) is 5.10 Å². The molecule has 2 N–H and O–H groups in total.